The largest absolute Gasteiger partial charge is 0.336 e. The smallest absolute Gasteiger partial charge is 0.244 e. The number of aryl methyl sites for hydroxylation is 1. The van der Waals surface area contributed by atoms with Crippen molar-refractivity contribution in [1.82, 2.24) is 19.6 Å². The van der Waals surface area contributed by atoms with Crippen molar-refractivity contribution in [2.75, 3.05) is 20.6 Å². The van der Waals surface area contributed by atoms with Crippen LogP contribution in [0.15, 0.2) is 42.7 Å². The summed E-state index contributed by atoms with van der Waals surface area (Å²) < 4.78 is 1.96. The van der Waals surface area contributed by atoms with E-state index in [0.29, 0.717) is 0 Å². The van der Waals surface area contributed by atoms with Crippen LogP contribution >= 0.6 is 0 Å². The normalized spacial score (nSPS) is 19.0. The number of likely N-dealkylation sites (tertiary alicyclic amines) is 1. The zero-order chi connectivity index (χ0) is 17.1. The molecule has 1 aromatic heterocycles. The van der Waals surface area contributed by atoms with Gasteiger partial charge in [-0.25, -0.2) is 0 Å². The number of benzene rings is 1. The van der Waals surface area contributed by atoms with E-state index in [2.05, 4.69) is 10.00 Å². The molecule has 2 aromatic rings. The summed E-state index contributed by atoms with van der Waals surface area (Å²) in [6.45, 7) is 3.65. The number of aromatic nitrogens is 2. The van der Waals surface area contributed by atoms with Crippen molar-refractivity contribution >= 4 is 5.91 Å². The Bertz CT molecular complexity index is 680. The number of likely N-dealkylation sites (N-methyl/N-ethyl adjacent to an activating group) is 1. The highest BCUT2D eigenvalue weighted by molar-refractivity contribution is 5.83. The summed E-state index contributed by atoms with van der Waals surface area (Å²) in [4.78, 5) is 17.3. The lowest BCUT2D eigenvalue weighted by Gasteiger charge is -2.32. The molecule has 1 saturated heterocycles. The summed E-state index contributed by atoms with van der Waals surface area (Å²) in [5.41, 5.74) is 2.20. The first kappa shape index (κ1) is 16.7. The average molecular weight is 326 g/mol. The Morgan fingerprint density at radius 1 is 1.33 bits per heavy atom. The van der Waals surface area contributed by atoms with Gasteiger partial charge in [0, 0.05) is 12.7 Å². The van der Waals surface area contributed by atoms with E-state index in [4.69, 9.17) is 0 Å². The molecular weight excluding hydrogens is 300 g/mol. The van der Waals surface area contributed by atoms with E-state index in [-0.39, 0.29) is 18.0 Å². The van der Waals surface area contributed by atoms with Crippen molar-refractivity contribution in [2.45, 2.75) is 38.4 Å². The Labute approximate surface area is 143 Å². The van der Waals surface area contributed by atoms with Gasteiger partial charge in [0.15, 0.2) is 0 Å². The van der Waals surface area contributed by atoms with Gasteiger partial charge < -0.3 is 4.90 Å². The molecule has 5 nitrogen and oxygen atoms in total. The van der Waals surface area contributed by atoms with Gasteiger partial charge in [-0.15, -0.1) is 0 Å². The Hall–Kier alpha value is -2.14. The minimum Gasteiger partial charge on any atom is -0.336 e. The Balaban J connectivity index is 1.78. The topological polar surface area (TPSA) is 41.4 Å². The lowest BCUT2D eigenvalue weighted by Crippen LogP contribution is -2.44. The first-order valence-electron chi connectivity index (χ1n) is 8.57. The summed E-state index contributed by atoms with van der Waals surface area (Å²) in [7, 11) is 3.94. The van der Waals surface area contributed by atoms with Gasteiger partial charge in [0.05, 0.1) is 18.8 Å². The molecule has 0 aliphatic carbocycles. The lowest BCUT2D eigenvalue weighted by molar-refractivity contribution is -0.137. The number of rotatable bonds is 5. The van der Waals surface area contributed by atoms with Crippen LogP contribution in [0.5, 0.6) is 0 Å². The molecular formula is C19H26N4O. The Morgan fingerprint density at radius 3 is 2.71 bits per heavy atom. The molecule has 1 amide bonds. The van der Waals surface area contributed by atoms with Crippen LogP contribution in [0.2, 0.25) is 0 Å². The summed E-state index contributed by atoms with van der Waals surface area (Å²) in [5, 5.41) is 4.38. The van der Waals surface area contributed by atoms with Crippen LogP contribution in [0.3, 0.4) is 0 Å². The van der Waals surface area contributed by atoms with Crippen LogP contribution in [0.25, 0.3) is 0 Å². The van der Waals surface area contributed by atoms with Crippen molar-refractivity contribution in [3.8, 4) is 0 Å². The summed E-state index contributed by atoms with van der Waals surface area (Å²) in [6.07, 6.45) is 6.01. The number of hydrogen-bond donors (Lipinski definition) is 0. The quantitative estimate of drug-likeness (QED) is 0.848. The van der Waals surface area contributed by atoms with Crippen LogP contribution in [-0.4, -0.2) is 52.2 Å². The number of hydrogen-bond acceptors (Lipinski definition) is 3. The number of amides is 1. The summed E-state index contributed by atoms with van der Waals surface area (Å²) in [5.74, 6) is 0.192. The molecule has 24 heavy (non-hydrogen) atoms. The molecule has 1 aromatic carbocycles. The first-order valence-corrected chi connectivity index (χ1v) is 8.57. The van der Waals surface area contributed by atoms with Crippen molar-refractivity contribution in [3.63, 3.8) is 0 Å². The van der Waals surface area contributed by atoms with E-state index in [1.54, 1.807) is 0 Å². The van der Waals surface area contributed by atoms with Crippen molar-refractivity contribution in [3.05, 3.63) is 53.9 Å². The van der Waals surface area contributed by atoms with Crippen molar-refractivity contribution < 1.29 is 4.79 Å². The highest BCUT2D eigenvalue weighted by atomic mass is 16.2. The van der Waals surface area contributed by atoms with Gasteiger partial charge in [-0.1, -0.05) is 30.3 Å². The molecule has 128 valence electrons. The van der Waals surface area contributed by atoms with E-state index >= 15 is 0 Å². The average Bonchev–Trinajstić information content (AvgIpc) is 3.17. The van der Waals surface area contributed by atoms with Gasteiger partial charge in [-0.2, -0.15) is 5.10 Å². The second-order valence-corrected chi connectivity index (χ2v) is 6.84. The fraction of sp³-hybridized carbons (Fsp3) is 0.474. The Morgan fingerprint density at radius 2 is 2.08 bits per heavy atom. The maximum Gasteiger partial charge on any atom is 0.244 e. The highest BCUT2D eigenvalue weighted by Gasteiger charge is 2.35. The fourth-order valence-corrected chi connectivity index (χ4v) is 3.55. The highest BCUT2D eigenvalue weighted by Crippen LogP contribution is 2.27. The van der Waals surface area contributed by atoms with E-state index in [1.807, 2.05) is 73.3 Å². The molecule has 2 unspecified atom stereocenters. The molecule has 0 radical (unpaired) electrons. The van der Waals surface area contributed by atoms with E-state index < -0.39 is 0 Å². The van der Waals surface area contributed by atoms with Gasteiger partial charge in [0.1, 0.15) is 6.04 Å². The van der Waals surface area contributed by atoms with Crippen LogP contribution in [0.1, 0.15) is 30.0 Å². The number of nitrogens with zero attached hydrogens (tertiary/aromatic N) is 4. The van der Waals surface area contributed by atoms with Gasteiger partial charge in [0.2, 0.25) is 5.91 Å². The van der Waals surface area contributed by atoms with Crippen LogP contribution in [0, 0.1) is 6.92 Å². The molecule has 0 saturated carbocycles. The molecule has 0 bridgehead atoms. The summed E-state index contributed by atoms with van der Waals surface area (Å²) >= 11 is 0. The van der Waals surface area contributed by atoms with E-state index in [9.17, 15) is 4.79 Å². The second kappa shape index (κ2) is 7.18. The number of carbonyl (C=O) groups excluding carboxylic acids is 1. The van der Waals surface area contributed by atoms with Crippen LogP contribution in [0.4, 0.5) is 0 Å². The molecule has 2 heterocycles. The SMILES string of the molecule is Cc1cnn(CC2CCCN2C(=O)C(c2ccccc2)N(C)C)c1. The first-order chi connectivity index (χ1) is 11.6. The standard InChI is InChI=1S/C19H26N4O/c1-15-12-20-22(13-15)14-17-10-7-11-23(17)19(24)18(21(2)3)16-8-5-4-6-9-16/h4-6,8-9,12-13,17-18H,7,10-11,14H2,1-3H3. The predicted molar refractivity (Wildman–Crippen MR) is 94.6 cm³/mol. The lowest BCUT2D eigenvalue weighted by atomic mass is 10.0. The maximum atomic E-state index is 13.2. The predicted octanol–water partition coefficient (Wildman–Crippen LogP) is 2.49. The minimum atomic E-state index is -0.230. The third kappa shape index (κ3) is 3.51. The van der Waals surface area contributed by atoms with Gasteiger partial charge >= 0.3 is 0 Å². The molecule has 3 rings (SSSR count). The molecule has 2 atom stereocenters. The molecule has 1 aliphatic rings. The van der Waals surface area contributed by atoms with E-state index in [0.717, 1.165) is 37.1 Å². The van der Waals surface area contributed by atoms with Gasteiger partial charge in [0.25, 0.3) is 0 Å². The van der Waals surface area contributed by atoms with Gasteiger partial charge in [-0.05, 0) is 45.0 Å². The fourth-order valence-electron chi connectivity index (χ4n) is 3.55. The maximum absolute atomic E-state index is 13.2. The van der Waals surface area contributed by atoms with Crippen molar-refractivity contribution in [2.24, 2.45) is 0 Å². The summed E-state index contributed by atoms with van der Waals surface area (Å²) in [6, 6.07) is 10.0. The monoisotopic (exact) mass is 326 g/mol. The molecule has 1 aliphatic heterocycles. The second-order valence-electron chi connectivity index (χ2n) is 6.84. The molecule has 5 heteroatoms. The number of carbonyl (C=O) groups is 1. The minimum absolute atomic E-state index is 0.192. The zero-order valence-corrected chi connectivity index (χ0v) is 14.7. The zero-order valence-electron chi connectivity index (χ0n) is 14.7. The van der Waals surface area contributed by atoms with Gasteiger partial charge in [-0.3, -0.25) is 14.4 Å². The Kier molecular flexibility index (Phi) is 5.00. The molecule has 0 N–H and O–H groups in total. The third-order valence-electron chi connectivity index (χ3n) is 4.69. The van der Waals surface area contributed by atoms with Crippen LogP contribution in [-0.2, 0) is 11.3 Å². The third-order valence-corrected chi connectivity index (χ3v) is 4.69. The van der Waals surface area contributed by atoms with Crippen molar-refractivity contribution in [1.29, 1.82) is 0 Å². The molecule has 1 fully saturated rings. The van der Waals surface area contributed by atoms with E-state index in [1.165, 1.54) is 0 Å². The van der Waals surface area contributed by atoms with Crippen LogP contribution < -0.4 is 0 Å². The molecule has 0 spiro atoms.